The maximum atomic E-state index is 5.50. The highest BCUT2D eigenvalue weighted by molar-refractivity contribution is 6.09. The quantitative estimate of drug-likeness (QED) is 0.153. The van der Waals surface area contributed by atoms with Crippen molar-refractivity contribution < 1.29 is 0 Å². The average Bonchev–Trinajstić information content (AvgIpc) is 3.97. The minimum Gasteiger partial charge on any atom is -0.231 e. The van der Waals surface area contributed by atoms with Crippen LogP contribution in [0.3, 0.4) is 0 Å². The van der Waals surface area contributed by atoms with Gasteiger partial charge in [0.1, 0.15) is 5.69 Å². The largest absolute Gasteiger partial charge is 0.231 e. The predicted octanol–water partition coefficient (Wildman–Crippen LogP) is 15.6. The molecule has 12 aromatic rings. The van der Waals surface area contributed by atoms with Gasteiger partial charge in [-0.1, -0.05) is 231 Å². The second kappa shape index (κ2) is 16.2. The molecule has 318 valence electrons. The van der Waals surface area contributed by atoms with Crippen LogP contribution >= 0.6 is 0 Å². The summed E-state index contributed by atoms with van der Waals surface area (Å²) in [5.41, 5.74) is 18.8. The summed E-state index contributed by atoms with van der Waals surface area (Å²) in [6, 6.07) is 91.0. The average molecular weight is 867 g/mol. The molecule has 0 atom stereocenters. The van der Waals surface area contributed by atoms with Crippen molar-refractivity contribution >= 4 is 16.3 Å². The molecule has 4 heteroatoms. The number of fused-ring (bicyclic) bond motifs is 6. The number of rotatable bonds is 8. The van der Waals surface area contributed by atoms with Crippen LogP contribution in [0.15, 0.2) is 255 Å². The summed E-state index contributed by atoms with van der Waals surface area (Å²) in [6.45, 7) is 0. The minimum atomic E-state index is -0.548. The van der Waals surface area contributed by atoms with E-state index >= 15 is 0 Å². The molecule has 9 aromatic carbocycles. The number of aromatic nitrogens is 4. The molecule has 0 spiro atoms. The molecule has 13 rings (SSSR count). The van der Waals surface area contributed by atoms with E-state index in [2.05, 4.69) is 253 Å². The fourth-order valence-corrected chi connectivity index (χ4v) is 10.7. The fraction of sp³-hybridized carbons (Fsp3) is 0.0156. The summed E-state index contributed by atoms with van der Waals surface area (Å²) in [4.78, 5) is 10.9. The maximum Gasteiger partial charge on any atom is 0.160 e. The first-order chi connectivity index (χ1) is 33.7. The highest BCUT2D eigenvalue weighted by Crippen LogP contribution is 2.56. The summed E-state index contributed by atoms with van der Waals surface area (Å²) in [7, 11) is 0. The Hall–Kier alpha value is -8.99. The molecule has 1 aliphatic rings. The Bertz CT molecular complexity index is 3790. The molecule has 0 aliphatic heterocycles. The van der Waals surface area contributed by atoms with E-state index in [1.807, 2.05) is 6.07 Å². The van der Waals surface area contributed by atoms with E-state index in [4.69, 9.17) is 15.1 Å². The zero-order chi connectivity index (χ0) is 45.0. The molecule has 0 saturated heterocycles. The zero-order valence-corrected chi connectivity index (χ0v) is 37.0. The van der Waals surface area contributed by atoms with Crippen LogP contribution in [0.4, 0.5) is 0 Å². The van der Waals surface area contributed by atoms with Gasteiger partial charge in [-0.2, -0.15) is 5.10 Å². The lowest BCUT2D eigenvalue weighted by molar-refractivity contribution is 0.768. The Morgan fingerprint density at radius 2 is 0.897 bits per heavy atom. The molecule has 3 heterocycles. The molecule has 0 N–H and O–H groups in total. The SMILES string of the molecule is c1ccc(-c2cc(-c3cccc(-c4c(-c5ccccc5)nn5c(-c6ccccc6)cc6ccccc6c45)c3)nc(-c3ccc4c(c3)C(c3ccccc3)(c3ccccc3)c3ccccc3-4)n2)cc1. The third kappa shape index (κ3) is 6.34. The van der Waals surface area contributed by atoms with Crippen molar-refractivity contribution in [3.8, 4) is 78.7 Å². The number of benzene rings is 9. The van der Waals surface area contributed by atoms with Gasteiger partial charge in [0.15, 0.2) is 5.82 Å². The van der Waals surface area contributed by atoms with Crippen molar-refractivity contribution in [2.24, 2.45) is 0 Å². The van der Waals surface area contributed by atoms with Gasteiger partial charge in [0.25, 0.3) is 0 Å². The van der Waals surface area contributed by atoms with Gasteiger partial charge in [0, 0.05) is 38.8 Å². The smallest absolute Gasteiger partial charge is 0.160 e. The Labute approximate surface area is 395 Å². The Morgan fingerprint density at radius 3 is 1.60 bits per heavy atom. The first-order valence-electron chi connectivity index (χ1n) is 23.2. The van der Waals surface area contributed by atoms with Crippen molar-refractivity contribution in [3.63, 3.8) is 0 Å². The normalized spacial score (nSPS) is 12.5. The van der Waals surface area contributed by atoms with E-state index in [1.165, 1.54) is 33.4 Å². The summed E-state index contributed by atoms with van der Waals surface area (Å²) < 4.78 is 2.15. The summed E-state index contributed by atoms with van der Waals surface area (Å²) in [5.74, 6) is 0.667. The highest BCUT2D eigenvalue weighted by Gasteiger charge is 2.46. The lowest BCUT2D eigenvalue weighted by Gasteiger charge is -2.34. The molecule has 68 heavy (non-hydrogen) atoms. The van der Waals surface area contributed by atoms with Gasteiger partial charge in [-0.25, -0.2) is 14.5 Å². The van der Waals surface area contributed by atoms with Crippen LogP contribution in [0, 0.1) is 0 Å². The topological polar surface area (TPSA) is 43.1 Å². The van der Waals surface area contributed by atoms with E-state index in [0.29, 0.717) is 5.82 Å². The second-order valence-electron chi connectivity index (χ2n) is 17.5. The highest BCUT2D eigenvalue weighted by atomic mass is 15.2. The summed E-state index contributed by atoms with van der Waals surface area (Å²) in [5, 5.41) is 7.78. The standard InChI is InChI=1S/C64H42N4/c1-6-21-43(22-7-1)57-42-58(66-63(65-57)49-37-38-54-53-35-18-19-36-55(53)64(56(54)40-49,50-30-12-4-13-31-50)51-32-14-5-15-33-51)47-28-20-29-48(39-47)60-61(45-25-10-3-11-26-45)67-68-59(44-23-8-2-9-24-44)41-46-27-16-17-34-52(46)62(60)68/h1-42H. The molecular formula is C64H42N4. The van der Waals surface area contributed by atoms with Crippen molar-refractivity contribution in [3.05, 3.63) is 277 Å². The second-order valence-corrected chi connectivity index (χ2v) is 17.5. The van der Waals surface area contributed by atoms with Crippen LogP contribution in [0.1, 0.15) is 22.3 Å². The Morgan fingerprint density at radius 1 is 0.353 bits per heavy atom. The van der Waals surface area contributed by atoms with Crippen molar-refractivity contribution in [1.82, 2.24) is 19.6 Å². The molecule has 1 aliphatic carbocycles. The van der Waals surface area contributed by atoms with Crippen molar-refractivity contribution in [2.45, 2.75) is 5.41 Å². The third-order valence-electron chi connectivity index (χ3n) is 13.7. The fourth-order valence-electron chi connectivity index (χ4n) is 10.7. The molecule has 0 fully saturated rings. The molecular weight excluding hydrogens is 825 g/mol. The number of nitrogens with zero attached hydrogens (tertiary/aromatic N) is 4. The van der Waals surface area contributed by atoms with Crippen molar-refractivity contribution in [2.75, 3.05) is 0 Å². The van der Waals surface area contributed by atoms with Crippen LogP contribution < -0.4 is 0 Å². The van der Waals surface area contributed by atoms with E-state index in [9.17, 15) is 0 Å². The summed E-state index contributed by atoms with van der Waals surface area (Å²) >= 11 is 0. The lowest BCUT2D eigenvalue weighted by Crippen LogP contribution is -2.28. The van der Waals surface area contributed by atoms with Crippen molar-refractivity contribution in [1.29, 1.82) is 0 Å². The monoisotopic (exact) mass is 866 g/mol. The van der Waals surface area contributed by atoms with Gasteiger partial charge in [-0.15, -0.1) is 0 Å². The zero-order valence-electron chi connectivity index (χ0n) is 37.0. The molecule has 0 amide bonds. The van der Waals surface area contributed by atoms with Crippen LogP contribution in [-0.4, -0.2) is 19.6 Å². The minimum absolute atomic E-state index is 0.548. The van der Waals surface area contributed by atoms with Gasteiger partial charge >= 0.3 is 0 Å². The molecule has 0 radical (unpaired) electrons. The third-order valence-corrected chi connectivity index (χ3v) is 13.7. The molecule has 0 unspecified atom stereocenters. The van der Waals surface area contributed by atoms with E-state index < -0.39 is 5.41 Å². The molecule has 4 nitrogen and oxygen atoms in total. The summed E-state index contributed by atoms with van der Waals surface area (Å²) in [6.07, 6.45) is 0. The number of hydrogen-bond acceptors (Lipinski definition) is 3. The first kappa shape index (κ1) is 39.4. The van der Waals surface area contributed by atoms with Crippen LogP contribution in [0.25, 0.3) is 95.0 Å². The van der Waals surface area contributed by atoms with Gasteiger partial charge in [-0.05, 0) is 68.6 Å². The number of pyridine rings is 1. The molecule has 3 aromatic heterocycles. The maximum absolute atomic E-state index is 5.50. The lowest BCUT2D eigenvalue weighted by atomic mass is 9.67. The first-order valence-corrected chi connectivity index (χ1v) is 23.2. The van der Waals surface area contributed by atoms with Gasteiger partial charge in [-0.3, -0.25) is 0 Å². The van der Waals surface area contributed by atoms with Gasteiger partial charge < -0.3 is 0 Å². The predicted molar refractivity (Wildman–Crippen MR) is 278 cm³/mol. The van der Waals surface area contributed by atoms with Crippen LogP contribution in [0.2, 0.25) is 0 Å². The molecule has 0 saturated carbocycles. The Kier molecular flexibility index (Phi) is 9.36. The van der Waals surface area contributed by atoms with E-state index in [-0.39, 0.29) is 0 Å². The Balaban J connectivity index is 1.03. The van der Waals surface area contributed by atoms with E-state index in [0.717, 1.165) is 78.0 Å². The molecule has 0 bridgehead atoms. The van der Waals surface area contributed by atoms with Gasteiger partial charge in [0.05, 0.1) is 28.0 Å². The van der Waals surface area contributed by atoms with Crippen LogP contribution in [-0.2, 0) is 5.41 Å². The van der Waals surface area contributed by atoms with Gasteiger partial charge in [0.2, 0.25) is 0 Å². The van der Waals surface area contributed by atoms with E-state index in [1.54, 1.807) is 0 Å². The number of hydrogen-bond donors (Lipinski definition) is 0. The van der Waals surface area contributed by atoms with Crippen LogP contribution in [0.5, 0.6) is 0 Å².